The zero-order chi connectivity index (χ0) is 12.3. The zero-order valence-electron chi connectivity index (χ0n) is 9.94. The first-order valence-corrected chi connectivity index (χ1v) is 6.02. The van der Waals surface area contributed by atoms with Gasteiger partial charge in [-0.25, -0.2) is 4.98 Å². The number of hydrogen-bond donors (Lipinski definition) is 1. The van der Waals surface area contributed by atoms with E-state index in [0.29, 0.717) is 11.2 Å². The lowest BCUT2D eigenvalue weighted by Crippen LogP contribution is -2.09. The average Bonchev–Trinajstić information content (AvgIpc) is 2.28. The van der Waals surface area contributed by atoms with E-state index in [2.05, 4.69) is 24.1 Å². The zero-order valence-corrected chi connectivity index (χ0v) is 10.7. The van der Waals surface area contributed by atoms with Crippen molar-refractivity contribution in [3.8, 4) is 11.3 Å². The van der Waals surface area contributed by atoms with Crippen molar-refractivity contribution in [3.05, 3.63) is 47.6 Å². The fraction of sp³-hybridized carbons (Fsp3) is 0.214. The van der Waals surface area contributed by atoms with E-state index < -0.39 is 0 Å². The van der Waals surface area contributed by atoms with E-state index in [1.807, 2.05) is 42.5 Å². The molecule has 0 amide bonds. The third-order valence-electron chi connectivity index (χ3n) is 2.32. The van der Waals surface area contributed by atoms with E-state index >= 15 is 0 Å². The molecule has 17 heavy (non-hydrogen) atoms. The smallest absolute Gasteiger partial charge is 0.131 e. The van der Waals surface area contributed by atoms with Gasteiger partial charge in [0.05, 0.1) is 5.69 Å². The topological polar surface area (TPSA) is 24.9 Å². The molecule has 0 unspecified atom stereocenters. The molecule has 0 bridgehead atoms. The highest BCUT2D eigenvalue weighted by atomic mass is 35.5. The van der Waals surface area contributed by atoms with Crippen molar-refractivity contribution in [1.82, 2.24) is 4.98 Å². The van der Waals surface area contributed by atoms with Gasteiger partial charge in [-0.1, -0.05) is 41.9 Å². The van der Waals surface area contributed by atoms with Gasteiger partial charge in [0.25, 0.3) is 0 Å². The first-order chi connectivity index (χ1) is 8.15. The summed E-state index contributed by atoms with van der Waals surface area (Å²) >= 11 is 6.03. The molecule has 1 N–H and O–H groups in total. The number of halogens is 1. The fourth-order valence-corrected chi connectivity index (χ4v) is 1.88. The van der Waals surface area contributed by atoms with Crippen molar-refractivity contribution in [2.24, 2.45) is 0 Å². The molecule has 0 radical (unpaired) electrons. The second kappa shape index (κ2) is 5.19. The van der Waals surface area contributed by atoms with Crippen LogP contribution in [0.1, 0.15) is 13.8 Å². The van der Waals surface area contributed by atoms with Gasteiger partial charge in [0, 0.05) is 17.3 Å². The molecule has 1 aromatic carbocycles. The summed E-state index contributed by atoms with van der Waals surface area (Å²) in [4.78, 5) is 4.34. The van der Waals surface area contributed by atoms with Crippen LogP contribution in [-0.4, -0.2) is 11.0 Å². The number of hydrogen-bond acceptors (Lipinski definition) is 2. The van der Waals surface area contributed by atoms with Crippen molar-refractivity contribution in [2.75, 3.05) is 5.32 Å². The standard InChI is InChI=1S/C14H15ClN2/c1-10(2)16-12-8-13(17-14(15)9-12)11-6-4-3-5-7-11/h3-10H,1-2H3,(H,16,17). The summed E-state index contributed by atoms with van der Waals surface area (Å²) in [6, 6.07) is 14.3. The summed E-state index contributed by atoms with van der Waals surface area (Å²) in [5.74, 6) is 0. The van der Waals surface area contributed by atoms with Gasteiger partial charge in [0.15, 0.2) is 0 Å². The molecule has 0 aliphatic rings. The number of rotatable bonds is 3. The SMILES string of the molecule is CC(C)Nc1cc(Cl)nc(-c2ccccc2)c1. The summed E-state index contributed by atoms with van der Waals surface area (Å²) in [6.45, 7) is 4.19. The summed E-state index contributed by atoms with van der Waals surface area (Å²) in [6.07, 6.45) is 0. The van der Waals surface area contributed by atoms with Gasteiger partial charge in [-0.15, -0.1) is 0 Å². The first kappa shape index (κ1) is 11.9. The van der Waals surface area contributed by atoms with Crippen molar-refractivity contribution in [3.63, 3.8) is 0 Å². The van der Waals surface area contributed by atoms with Crippen LogP contribution in [0.2, 0.25) is 5.15 Å². The van der Waals surface area contributed by atoms with Crippen molar-refractivity contribution < 1.29 is 0 Å². The van der Waals surface area contributed by atoms with Gasteiger partial charge in [0.2, 0.25) is 0 Å². The van der Waals surface area contributed by atoms with Crippen LogP contribution in [-0.2, 0) is 0 Å². The van der Waals surface area contributed by atoms with Crippen molar-refractivity contribution in [1.29, 1.82) is 0 Å². The predicted molar refractivity (Wildman–Crippen MR) is 73.4 cm³/mol. The van der Waals surface area contributed by atoms with Crippen LogP contribution in [0.4, 0.5) is 5.69 Å². The molecule has 0 fully saturated rings. The van der Waals surface area contributed by atoms with Gasteiger partial charge in [-0.2, -0.15) is 0 Å². The largest absolute Gasteiger partial charge is 0.383 e. The summed E-state index contributed by atoms with van der Waals surface area (Å²) in [5, 5.41) is 3.84. The average molecular weight is 247 g/mol. The Kier molecular flexibility index (Phi) is 3.64. The molecule has 88 valence electrons. The maximum absolute atomic E-state index is 6.03. The van der Waals surface area contributed by atoms with Crippen molar-refractivity contribution in [2.45, 2.75) is 19.9 Å². The van der Waals surface area contributed by atoms with Crippen LogP contribution in [0.5, 0.6) is 0 Å². The predicted octanol–water partition coefficient (Wildman–Crippen LogP) is 4.22. The number of nitrogens with zero attached hydrogens (tertiary/aromatic N) is 1. The van der Waals surface area contributed by atoms with E-state index in [9.17, 15) is 0 Å². The summed E-state index contributed by atoms with van der Waals surface area (Å²) < 4.78 is 0. The molecule has 2 aromatic rings. The Morgan fingerprint density at radius 3 is 2.47 bits per heavy atom. The van der Waals surface area contributed by atoms with Crippen LogP contribution in [0.15, 0.2) is 42.5 Å². The minimum atomic E-state index is 0.372. The minimum Gasteiger partial charge on any atom is -0.383 e. The lowest BCUT2D eigenvalue weighted by atomic mass is 10.1. The molecule has 0 saturated carbocycles. The van der Waals surface area contributed by atoms with Gasteiger partial charge in [0.1, 0.15) is 5.15 Å². The van der Waals surface area contributed by atoms with Crippen LogP contribution in [0, 0.1) is 0 Å². The Morgan fingerprint density at radius 2 is 1.82 bits per heavy atom. The van der Waals surface area contributed by atoms with E-state index in [4.69, 9.17) is 11.6 Å². The van der Waals surface area contributed by atoms with E-state index in [1.54, 1.807) is 0 Å². The van der Waals surface area contributed by atoms with Crippen LogP contribution in [0.25, 0.3) is 11.3 Å². The first-order valence-electron chi connectivity index (χ1n) is 5.64. The van der Waals surface area contributed by atoms with Gasteiger partial charge >= 0.3 is 0 Å². The molecule has 1 aromatic heterocycles. The Morgan fingerprint density at radius 1 is 1.12 bits per heavy atom. The molecular weight excluding hydrogens is 232 g/mol. The minimum absolute atomic E-state index is 0.372. The maximum atomic E-state index is 6.03. The number of anilines is 1. The van der Waals surface area contributed by atoms with Gasteiger partial charge in [-0.3, -0.25) is 0 Å². The third kappa shape index (κ3) is 3.21. The molecule has 0 atom stereocenters. The Bertz CT molecular complexity index is 495. The highest BCUT2D eigenvalue weighted by Crippen LogP contribution is 2.24. The molecule has 0 spiro atoms. The van der Waals surface area contributed by atoms with Gasteiger partial charge < -0.3 is 5.32 Å². The molecule has 1 heterocycles. The fourth-order valence-electron chi connectivity index (χ4n) is 1.67. The highest BCUT2D eigenvalue weighted by molar-refractivity contribution is 6.29. The second-order valence-corrected chi connectivity index (χ2v) is 4.62. The molecule has 0 aliphatic carbocycles. The third-order valence-corrected chi connectivity index (χ3v) is 2.51. The molecular formula is C14H15ClN2. The quantitative estimate of drug-likeness (QED) is 0.820. The molecule has 0 aliphatic heterocycles. The Balaban J connectivity index is 2.38. The number of pyridine rings is 1. The molecule has 0 saturated heterocycles. The number of aromatic nitrogens is 1. The van der Waals surface area contributed by atoms with E-state index in [1.165, 1.54) is 0 Å². The lowest BCUT2D eigenvalue weighted by molar-refractivity contribution is 0.899. The molecule has 3 heteroatoms. The van der Waals surface area contributed by atoms with Crippen LogP contribution >= 0.6 is 11.6 Å². The van der Waals surface area contributed by atoms with E-state index in [-0.39, 0.29) is 0 Å². The number of benzene rings is 1. The van der Waals surface area contributed by atoms with E-state index in [0.717, 1.165) is 16.9 Å². The Hall–Kier alpha value is -1.54. The summed E-state index contributed by atoms with van der Waals surface area (Å²) in [5.41, 5.74) is 2.96. The Labute approximate surface area is 107 Å². The second-order valence-electron chi connectivity index (χ2n) is 4.23. The summed E-state index contributed by atoms with van der Waals surface area (Å²) in [7, 11) is 0. The van der Waals surface area contributed by atoms with Gasteiger partial charge in [-0.05, 0) is 26.0 Å². The molecule has 2 nitrogen and oxygen atoms in total. The maximum Gasteiger partial charge on any atom is 0.131 e. The van der Waals surface area contributed by atoms with Crippen molar-refractivity contribution >= 4 is 17.3 Å². The lowest BCUT2D eigenvalue weighted by Gasteiger charge is -2.11. The normalized spacial score (nSPS) is 10.6. The number of nitrogens with one attached hydrogen (secondary N) is 1. The monoisotopic (exact) mass is 246 g/mol. The molecule has 2 rings (SSSR count). The van der Waals surface area contributed by atoms with Crippen LogP contribution < -0.4 is 5.32 Å². The van der Waals surface area contributed by atoms with Crippen LogP contribution in [0.3, 0.4) is 0 Å². The highest BCUT2D eigenvalue weighted by Gasteiger charge is 2.04.